The number of carbonyl (C=O) groups excluding carboxylic acids is 2. The summed E-state index contributed by atoms with van der Waals surface area (Å²) < 4.78 is 0. The van der Waals surface area contributed by atoms with E-state index in [9.17, 15) is 9.59 Å². The summed E-state index contributed by atoms with van der Waals surface area (Å²) in [5, 5.41) is 17.3. The fourth-order valence-electron chi connectivity index (χ4n) is 3.96. The molecule has 0 unspecified atom stereocenters. The van der Waals surface area contributed by atoms with Crippen molar-refractivity contribution in [3.05, 3.63) is 66.0 Å². The number of rotatable bonds is 7. The molecule has 0 aliphatic carbocycles. The molecule has 178 valence electrons. The van der Waals surface area contributed by atoms with E-state index in [4.69, 9.17) is 5.26 Å². The van der Waals surface area contributed by atoms with E-state index in [1.807, 2.05) is 30.3 Å². The number of anilines is 4. The number of amides is 2. The summed E-state index contributed by atoms with van der Waals surface area (Å²) in [7, 11) is 0. The van der Waals surface area contributed by atoms with Crippen molar-refractivity contribution in [2.24, 2.45) is 0 Å². The zero-order valence-corrected chi connectivity index (χ0v) is 19.4. The average molecular weight is 471 g/mol. The number of hydrogen-bond donors (Lipinski definition) is 3. The third-order valence-corrected chi connectivity index (χ3v) is 5.75. The summed E-state index contributed by atoms with van der Waals surface area (Å²) in [6, 6.07) is 17.1. The van der Waals surface area contributed by atoms with E-state index in [1.165, 1.54) is 18.8 Å². The van der Waals surface area contributed by atoms with Crippen LogP contribution >= 0.6 is 0 Å². The Balaban J connectivity index is 1.35. The van der Waals surface area contributed by atoms with E-state index >= 15 is 0 Å². The van der Waals surface area contributed by atoms with Crippen LogP contribution in [0, 0.1) is 11.3 Å². The number of benzene rings is 2. The second-order valence-electron chi connectivity index (χ2n) is 8.27. The minimum Gasteiger partial charge on any atom is -0.347 e. The van der Waals surface area contributed by atoms with E-state index in [-0.39, 0.29) is 18.4 Å². The molecule has 35 heavy (non-hydrogen) atoms. The van der Waals surface area contributed by atoms with Gasteiger partial charge in [0, 0.05) is 31.4 Å². The van der Waals surface area contributed by atoms with Gasteiger partial charge in [0.25, 0.3) is 0 Å². The van der Waals surface area contributed by atoms with E-state index in [2.05, 4.69) is 41.9 Å². The number of nitrogens with one attached hydrogen (secondary N) is 3. The first-order chi connectivity index (χ1) is 17.0. The summed E-state index contributed by atoms with van der Waals surface area (Å²) in [4.78, 5) is 38.2. The third-order valence-electron chi connectivity index (χ3n) is 5.75. The lowest BCUT2D eigenvalue weighted by Gasteiger charge is -2.32. The standard InChI is InChI=1S/C25H26N8O2/c1-17(34)27-15-23(35)30-21-3-2-4-22(13-21)31-24-28-16-29-25(32-24)33-11-9-20(10-12-33)19-7-5-18(14-26)6-8-19/h2-8,13,16,20H,9-12,15H2,1H3,(H,27,34)(H,30,35)(H,28,29,31,32). The van der Waals surface area contributed by atoms with Gasteiger partial charge in [-0.3, -0.25) is 9.59 Å². The second-order valence-corrected chi connectivity index (χ2v) is 8.27. The second kappa shape index (κ2) is 11.1. The van der Waals surface area contributed by atoms with Gasteiger partial charge in [0.05, 0.1) is 18.2 Å². The molecule has 0 radical (unpaired) electrons. The predicted molar refractivity (Wildman–Crippen MR) is 132 cm³/mol. The molecular formula is C25H26N8O2. The molecule has 1 aromatic heterocycles. The van der Waals surface area contributed by atoms with Gasteiger partial charge in [-0.25, -0.2) is 9.97 Å². The molecule has 1 aliphatic heterocycles. The molecule has 1 aliphatic rings. The topological polar surface area (TPSA) is 136 Å². The van der Waals surface area contributed by atoms with Crippen LogP contribution in [0.25, 0.3) is 0 Å². The van der Waals surface area contributed by atoms with Crippen LogP contribution in [-0.2, 0) is 9.59 Å². The molecule has 2 amide bonds. The third kappa shape index (κ3) is 6.51. The molecule has 1 fully saturated rings. The lowest BCUT2D eigenvalue weighted by atomic mass is 9.89. The highest BCUT2D eigenvalue weighted by Gasteiger charge is 2.22. The molecule has 2 heterocycles. The largest absolute Gasteiger partial charge is 0.347 e. The summed E-state index contributed by atoms with van der Waals surface area (Å²) in [6.07, 6.45) is 3.43. The SMILES string of the molecule is CC(=O)NCC(=O)Nc1cccc(Nc2ncnc(N3CCC(c4ccc(C#N)cc4)CC3)n2)c1. The Morgan fingerprint density at radius 3 is 2.54 bits per heavy atom. The number of hydrogen-bond acceptors (Lipinski definition) is 8. The fourth-order valence-corrected chi connectivity index (χ4v) is 3.96. The Hall–Kier alpha value is -4.52. The Morgan fingerprint density at radius 1 is 1.09 bits per heavy atom. The van der Waals surface area contributed by atoms with Gasteiger partial charge in [-0.15, -0.1) is 0 Å². The first kappa shape index (κ1) is 23.6. The number of nitriles is 1. The zero-order chi connectivity index (χ0) is 24.6. The van der Waals surface area contributed by atoms with E-state index in [0.717, 1.165) is 25.9 Å². The van der Waals surface area contributed by atoms with Crippen LogP contribution in [0.4, 0.5) is 23.3 Å². The highest BCUT2D eigenvalue weighted by Crippen LogP contribution is 2.29. The summed E-state index contributed by atoms with van der Waals surface area (Å²) in [6.45, 7) is 2.91. The molecule has 0 spiro atoms. The summed E-state index contributed by atoms with van der Waals surface area (Å²) >= 11 is 0. The fraction of sp³-hybridized carbons (Fsp3) is 0.280. The van der Waals surface area contributed by atoms with Gasteiger partial charge in [0.15, 0.2) is 0 Å². The predicted octanol–water partition coefficient (Wildman–Crippen LogP) is 2.95. The van der Waals surface area contributed by atoms with Crippen LogP contribution in [0.1, 0.15) is 36.8 Å². The van der Waals surface area contributed by atoms with Gasteiger partial charge < -0.3 is 20.9 Å². The maximum atomic E-state index is 12.0. The highest BCUT2D eigenvalue weighted by molar-refractivity contribution is 5.94. The van der Waals surface area contributed by atoms with Crippen molar-refractivity contribution in [1.29, 1.82) is 5.26 Å². The lowest BCUT2D eigenvalue weighted by molar-refractivity contribution is -0.122. The maximum absolute atomic E-state index is 12.0. The quantitative estimate of drug-likeness (QED) is 0.480. The maximum Gasteiger partial charge on any atom is 0.243 e. The van der Waals surface area contributed by atoms with Gasteiger partial charge >= 0.3 is 0 Å². The van der Waals surface area contributed by atoms with Crippen LogP contribution in [0.3, 0.4) is 0 Å². The normalized spacial score (nSPS) is 13.5. The minimum atomic E-state index is -0.316. The van der Waals surface area contributed by atoms with Crippen molar-refractivity contribution in [3.8, 4) is 6.07 Å². The molecule has 3 aromatic rings. The van der Waals surface area contributed by atoms with Crippen molar-refractivity contribution in [2.45, 2.75) is 25.7 Å². The molecule has 0 bridgehead atoms. The Kier molecular flexibility index (Phi) is 7.47. The van der Waals surface area contributed by atoms with Gasteiger partial charge in [-0.05, 0) is 54.7 Å². The van der Waals surface area contributed by atoms with Crippen LogP contribution < -0.4 is 20.9 Å². The molecule has 0 saturated carbocycles. The molecule has 10 nitrogen and oxygen atoms in total. The molecule has 10 heteroatoms. The molecular weight excluding hydrogens is 444 g/mol. The number of aromatic nitrogens is 3. The summed E-state index contributed by atoms with van der Waals surface area (Å²) in [5.41, 5.74) is 3.23. The molecule has 1 saturated heterocycles. The number of carbonyl (C=O) groups is 2. The Bertz CT molecular complexity index is 1230. The van der Waals surface area contributed by atoms with Gasteiger partial charge in [0.2, 0.25) is 23.7 Å². The average Bonchev–Trinajstić information content (AvgIpc) is 2.88. The van der Waals surface area contributed by atoms with Crippen molar-refractivity contribution in [1.82, 2.24) is 20.3 Å². The number of nitrogens with zero attached hydrogens (tertiary/aromatic N) is 5. The van der Waals surface area contributed by atoms with Crippen LogP contribution in [0.2, 0.25) is 0 Å². The van der Waals surface area contributed by atoms with E-state index in [0.29, 0.717) is 34.8 Å². The van der Waals surface area contributed by atoms with E-state index in [1.54, 1.807) is 18.2 Å². The molecule has 4 rings (SSSR count). The first-order valence-electron chi connectivity index (χ1n) is 11.4. The zero-order valence-electron chi connectivity index (χ0n) is 19.4. The van der Waals surface area contributed by atoms with Crippen molar-refractivity contribution >= 4 is 35.1 Å². The smallest absolute Gasteiger partial charge is 0.243 e. The van der Waals surface area contributed by atoms with Gasteiger partial charge in [0.1, 0.15) is 6.33 Å². The van der Waals surface area contributed by atoms with Crippen LogP contribution in [-0.4, -0.2) is 46.4 Å². The molecule has 0 atom stereocenters. The molecule has 2 aromatic carbocycles. The molecule has 3 N–H and O–H groups in total. The van der Waals surface area contributed by atoms with Gasteiger partial charge in [-0.2, -0.15) is 10.2 Å². The summed E-state index contributed by atoms with van der Waals surface area (Å²) in [5.74, 6) is 0.886. The minimum absolute atomic E-state index is 0.0916. The number of piperidine rings is 1. The van der Waals surface area contributed by atoms with E-state index < -0.39 is 0 Å². The first-order valence-corrected chi connectivity index (χ1v) is 11.4. The van der Waals surface area contributed by atoms with Gasteiger partial charge in [-0.1, -0.05) is 18.2 Å². The lowest BCUT2D eigenvalue weighted by Crippen LogP contribution is -2.34. The Morgan fingerprint density at radius 2 is 1.83 bits per heavy atom. The van der Waals surface area contributed by atoms with Crippen molar-refractivity contribution in [2.75, 3.05) is 35.2 Å². The highest BCUT2D eigenvalue weighted by atomic mass is 16.2. The monoisotopic (exact) mass is 470 g/mol. The Labute approximate surface area is 203 Å². The van der Waals surface area contributed by atoms with Crippen LogP contribution in [0.5, 0.6) is 0 Å². The van der Waals surface area contributed by atoms with Crippen molar-refractivity contribution in [3.63, 3.8) is 0 Å². The van der Waals surface area contributed by atoms with Crippen LogP contribution in [0.15, 0.2) is 54.9 Å². The van der Waals surface area contributed by atoms with Crippen molar-refractivity contribution < 1.29 is 9.59 Å².